The molecule has 1 heterocycles. The summed E-state index contributed by atoms with van der Waals surface area (Å²) in [7, 11) is 0. The zero-order valence-electron chi connectivity index (χ0n) is 12.5. The molecule has 0 fully saturated rings. The van der Waals surface area contributed by atoms with E-state index in [2.05, 4.69) is 17.2 Å². The maximum atomic E-state index is 11.4. The number of β-amino-alcohol motifs (C(OH)–C–C–N with tert-alkyl or cyclic N) is 1. The Labute approximate surface area is 125 Å². The number of benzene rings is 1. The summed E-state index contributed by atoms with van der Waals surface area (Å²) in [6, 6.07) is 5.48. The number of amides is 1. The van der Waals surface area contributed by atoms with E-state index in [1.807, 2.05) is 32.0 Å². The number of ether oxygens (including phenoxy) is 1. The Morgan fingerprint density at radius 2 is 2.33 bits per heavy atom. The lowest BCUT2D eigenvalue weighted by Crippen LogP contribution is -2.43. The van der Waals surface area contributed by atoms with Gasteiger partial charge in [0.25, 0.3) is 0 Å². The molecule has 3 N–H and O–H groups in total. The highest BCUT2D eigenvalue weighted by molar-refractivity contribution is 6.00. The molecule has 0 saturated heterocycles. The molecule has 0 spiro atoms. The van der Waals surface area contributed by atoms with Crippen LogP contribution in [0.3, 0.4) is 0 Å². The highest BCUT2D eigenvalue weighted by Gasteiger charge is 2.22. The van der Waals surface area contributed by atoms with Crippen LogP contribution in [-0.2, 0) is 11.2 Å². The molecule has 0 saturated carbocycles. The number of carbonyl (C=O) groups is 1. The lowest BCUT2D eigenvalue weighted by Gasteiger charge is -2.24. The summed E-state index contributed by atoms with van der Waals surface area (Å²) in [6.45, 7) is 8.28. The first-order valence-corrected chi connectivity index (χ1v) is 7.02. The summed E-state index contributed by atoms with van der Waals surface area (Å²) in [5.41, 5.74) is 1.41. The summed E-state index contributed by atoms with van der Waals surface area (Å²) in [5, 5.41) is 15.9. The van der Waals surface area contributed by atoms with E-state index in [1.165, 1.54) is 0 Å². The van der Waals surface area contributed by atoms with E-state index in [-0.39, 0.29) is 18.1 Å². The normalized spacial score (nSPS) is 15.3. The van der Waals surface area contributed by atoms with Crippen LogP contribution in [0, 0.1) is 0 Å². The summed E-state index contributed by atoms with van der Waals surface area (Å²) in [5.74, 6) is 0.615. The van der Waals surface area contributed by atoms with Gasteiger partial charge in [0.15, 0.2) is 0 Å². The van der Waals surface area contributed by atoms with Crippen molar-refractivity contribution in [3.05, 3.63) is 36.4 Å². The van der Waals surface area contributed by atoms with Gasteiger partial charge in [0.1, 0.15) is 18.5 Å². The van der Waals surface area contributed by atoms with E-state index >= 15 is 0 Å². The second kappa shape index (κ2) is 6.28. The van der Waals surface area contributed by atoms with Crippen molar-refractivity contribution >= 4 is 11.6 Å². The van der Waals surface area contributed by atoms with E-state index in [1.54, 1.807) is 6.08 Å². The minimum absolute atomic E-state index is 0.0315. The van der Waals surface area contributed by atoms with E-state index in [4.69, 9.17) is 4.74 Å². The molecule has 0 radical (unpaired) electrons. The molecule has 2 rings (SSSR count). The van der Waals surface area contributed by atoms with Gasteiger partial charge >= 0.3 is 0 Å². The quantitative estimate of drug-likeness (QED) is 0.665. The summed E-state index contributed by atoms with van der Waals surface area (Å²) in [6.07, 6.45) is 1.48. The molecule has 1 aliphatic rings. The molecule has 5 heteroatoms. The van der Waals surface area contributed by atoms with Gasteiger partial charge < -0.3 is 20.5 Å². The largest absolute Gasteiger partial charge is 0.490 e. The molecule has 1 amide bonds. The van der Waals surface area contributed by atoms with Crippen molar-refractivity contribution < 1.29 is 14.6 Å². The Bertz CT molecular complexity index is 540. The third-order valence-electron chi connectivity index (χ3n) is 3.48. The average Bonchev–Trinajstić information content (AvgIpc) is 2.83. The first-order valence-electron chi connectivity index (χ1n) is 7.02. The topological polar surface area (TPSA) is 70.6 Å². The van der Waals surface area contributed by atoms with Crippen LogP contribution < -0.4 is 15.4 Å². The van der Waals surface area contributed by atoms with Crippen LogP contribution >= 0.6 is 0 Å². The first-order chi connectivity index (χ1) is 9.91. The minimum Gasteiger partial charge on any atom is -0.490 e. The van der Waals surface area contributed by atoms with Crippen LogP contribution in [0.2, 0.25) is 0 Å². The first kappa shape index (κ1) is 15.5. The molecule has 0 aromatic heterocycles. The standard InChI is InChI=1S/C16H22N2O3/c1-4-16(2,3)17-9-11(19)10-21-14-7-5-6-13-12(14)8-15(20)18-13/h4-7,11,17,19H,1,8-10H2,2-3H3,(H,18,20). The molecule has 1 unspecified atom stereocenters. The molecule has 21 heavy (non-hydrogen) atoms. The fraction of sp³-hybridized carbons (Fsp3) is 0.438. The fourth-order valence-corrected chi connectivity index (χ4v) is 2.05. The molecule has 114 valence electrons. The van der Waals surface area contributed by atoms with Crippen LogP contribution in [0.25, 0.3) is 0 Å². The highest BCUT2D eigenvalue weighted by atomic mass is 16.5. The van der Waals surface area contributed by atoms with Gasteiger partial charge in [-0.25, -0.2) is 0 Å². The Hall–Kier alpha value is -1.85. The van der Waals surface area contributed by atoms with E-state index < -0.39 is 6.10 Å². The van der Waals surface area contributed by atoms with Gasteiger partial charge in [0.05, 0.1) is 6.42 Å². The second-order valence-electron chi connectivity index (χ2n) is 5.78. The number of nitrogens with one attached hydrogen (secondary N) is 2. The van der Waals surface area contributed by atoms with E-state index in [0.29, 0.717) is 18.7 Å². The third-order valence-corrected chi connectivity index (χ3v) is 3.48. The molecule has 1 aromatic rings. The number of aliphatic hydroxyl groups excluding tert-OH is 1. The molecule has 5 nitrogen and oxygen atoms in total. The number of rotatable bonds is 7. The predicted octanol–water partition coefficient (Wildman–Crippen LogP) is 1.48. The van der Waals surface area contributed by atoms with Crippen molar-refractivity contribution in [2.75, 3.05) is 18.5 Å². The van der Waals surface area contributed by atoms with Crippen LogP contribution in [0.5, 0.6) is 5.75 Å². The van der Waals surface area contributed by atoms with Gasteiger partial charge in [-0.3, -0.25) is 4.79 Å². The fourth-order valence-electron chi connectivity index (χ4n) is 2.05. The summed E-state index contributed by atoms with van der Waals surface area (Å²) in [4.78, 5) is 11.4. The molecular formula is C16H22N2O3. The summed E-state index contributed by atoms with van der Waals surface area (Å²) < 4.78 is 5.65. The Morgan fingerprint density at radius 1 is 1.57 bits per heavy atom. The molecule has 0 aliphatic carbocycles. The van der Waals surface area contributed by atoms with Crippen molar-refractivity contribution in [3.63, 3.8) is 0 Å². The molecule has 1 atom stereocenters. The van der Waals surface area contributed by atoms with Crippen LogP contribution in [0.4, 0.5) is 5.69 Å². The average molecular weight is 290 g/mol. The number of hydrogen-bond donors (Lipinski definition) is 3. The third kappa shape index (κ3) is 4.06. The number of aliphatic hydroxyl groups is 1. The molecule has 0 bridgehead atoms. The number of fused-ring (bicyclic) bond motifs is 1. The number of carbonyl (C=O) groups excluding carboxylic acids is 1. The Morgan fingerprint density at radius 3 is 3.05 bits per heavy atom. The highest BCUT2D eigenvalue weighted by Crippen LogP contribution is 2.31. The van der Waals surface area contributed by atoms with Crippen molar-refractivity contribution in [3.8, 4) is 5.75 Å². The lowest BCUT2D eigenvalue weighted by molar-refractivity contribution is -0.115. The SMILES string of the molecule is C=CC(C)(C)NCC(O)COc1cccc2c1CC(=O)N2. The molecule has 1 aromatic carbocycles. The van der Waals surface area contributed by atoms with Gasteiger partial charge in [-0.05, 0) is 26.0 Å². The monoisotopic (exact) mass is 290 g/mol. The molecular weight excluding hydrogens is 268 g/mol. The Balaban J connectivity index is 1.88. The van der Waals surface area contributed by atoms with Gasteiger partial charge in [-0.15, -0.1) is 6.58 Å². The predicted molar refractivity (Wildman–Crippen MR) is 82.6 cm³/mol. The maximum Gasteiger partial charge on any atom is 0.229 e. The van der Waals surface area contributed by atoms with E-state index in [9.17, 15) is 9.90 Å². The minimum atomic E-state index is -0.634. The number of hydrogen-bond acceptors (Lipinski definition) is 4. The van der Waals surface area contributed by atoms with Gasteiger partial charge in [0.2, 0.25) is 5.91 Å². The van der Waals surface area contributed by atoms with Crippen molar-refractivity contribution in [1.82, 2.24) is 5.32 Å². The van der Waals surface area contributed by atoms with Gasteiger partial charge in [-0.1, -0.05) is 12.1 Å². The zero-order chi connectivity index (χ0) is 15.5. The molecule has 1 aliphatic heterocycles. The maximum absolute atomic E-state index is 11.4. The van der Waals surface area contributed by atoms with Crippen molar-refractivity contribution in [2.24, 2.45) is 0 Å². The van der Waals surface area contributed by atoms with Gasteiger partial charge in [0, 0.05) is 23.3 Å². The lowest BCUT2D eigenvalue weighted by atomic mass is 10.1. The summed E-state index contributed by atoms with van der Waals surface area (Å²) >= 11 is 0. The zero-order valence-corrected chi connectivity index (χ0v) is 12.5. The smallest absolute Gasteiger partial charge is 0.229 e. The number of anilines is 1. The van der Waals surface area contributed by atoms with Gasteiger partial charge in [-0.2, -0.15) is 0 Å². The van der Waals surface area contributed by atoms with Crippen LogP contribution in [-0.4, -0.2) is 35.8 Å². The second-order valence-corrected chi connectivity index (χ2v) is 5.78. The van der Waals surface area contributed by atoms with Crippen LogP contribution in [0.15, 0.2) is 30.9 Å². The van der Waals surface area contributed by atoms with Crippen molar-refractivity contribution in [1.29, 1.82) is 0 Å². The Kier molecular flexibility index (Phi) is 4.65. The van der Waals surface area contributed by atoms with E-state index in [0.717, 1.165) is 11.3 Å². The van der Waals surface area contributed by atoms with Crippen molar-refractivity contribution in [2.45, 2.75) is 31.9 Å². The van der Waals surface area contributed by atoms with Crippen LogP contribution in [0.1, 0.15) is 19.4 Å².